The Bertz CT molecular complexity index is 921. The summed E-state index contributed by atoms with van der Waals surface area (Å²) >= 11 is 0. The van der Waals surface area contributed by atoms with Gasteiger partial charge in [-0.3, -0.25) is 4.98 Å². The molecule has 9 heteroatoms. The Morgan fingerprint density at radius 1 is 1.24 bits per heavy atom. The number of urea groups is 1. The molecule has 3 rings (SSSR count). The van der Waals surface area contributed by atoms with Crippen LogP contribution in [0.2, 0.25) is 0 Å². The number of carbonyl (C=O) groups excluding carboxylic acids is 1. The molecule has 1 aromatic carbocycles. The summed E-state index contributed by atoms with van der Waals surface area (Å²) in [7, 11) is -3.80. The highest BCUT2D eigenvalue weighted by atomic mass is 32.2. The number of rotatable bonds is 7. The van der Waals surface area contributed by atoms with Crippen LogP contribution in [0.5, 0.6) is 5.75 Å². The molecule has 1 unspecified atom stereocenters. The highest BCUT2D eigenvalue weighted by Gasteiger charge is 2.35. The zero-order chi connectivity index (χ0) is 20.7. The number of para-hydroxylation sites is 1. The lowest BCUT2D eigenvalue weighted by Crippen LogP contribution is -2.49. The summed E-state index contributed by atoms with van der Waals surface area (Å²) in [6.07, 6.45) is 5.18. The van der Waals surface area contributed by atoms with Crippen molar-refractivity contribution in [1.82, 2.24) is 14.6 Å². The van der Waals surface area contributed by atoms with Crippen LogP contribution in [-0.2, 0) is 10.0 Å². The van der Waals surface area contributed by atoms with E-state index in [4.69, 9.17) is 4.74 Å². The number of hydrogen-bond donors (Lipinski definition) is 2. The van der Waals surface area contributed by atoms with Crippen LogP contribution in [0.15, 0.2) is 53.7 Å². The minimum atomic E-state index is -3.80. The molecular weight excluding hydrogens is 392 g/mol. The van der Waals surface area contributed by atoms with Crippen molar-refractivity contribution in [2.45, 2.75) is 37.1 Å². The first kappa shape index (κ1) is 21.1. The van der Waals surface area contributed by atoms with Gasteiger partial charge in [0.05, 0.1) is 12.8 Å². The first-order valence-corrected chi connectivity index (χ1v) is 11.1. The number of sulfonamides is 1. The molecule has 1 aromatic heterocycles. The maximum atomic E-state index is 13.3. The number of benzene rings is 1. The molecule has 1 fully saturated rings. The van der Waals surface area contributed by atoms with E-state index in [1.807, 2.05) is 18.2 Å². The summed E-state index contributed by atoms with van der Waals surface area (Å²) in [5, 5.41) is 5.54. The van der Waals surface area contributed by atoms with E-state index in [2.05, 4.69) is 15.6 Å². The number of nitrogens with zero attached hydrogens (tertiary/aromatic N) is 2. The summed E-state index contributed by atoms with van der Waals surface area (Å²) in [5.74, 6) is 0.293. The molecule has 156 valence electrons. The lowest BCUT2D eigenvalue weighted by Gasteiger charge is -2.35. The number of ether oxygens (including phenoxy) is 1. The molecule has 1 saturated heterocycles. The molecule has 0 saturated carbocycles. The second kappa shape index (κ2) is 9.71. The molecule has 0 bridgehead atoms. The summed E-state index contributed by atoms with van der Waals surface area (Å²) < 4.78 is 33.6. The van der Waals surface area contributed by atoms with Gasteiger partial charge in [0.25, 0.3) is 0 Å². The van der Waals surface area contributed by atoms with E-state index in [-0.39, 0.29) is 23.5 Å². The normalized spacial score (nSPS) is 17.5. The minimum Gasteiger partial charge on any atom is -0.492 e. The Labute approximate surface area is 171 Å². The van der Waals surface area contributed by atoms with Gasteiger partial charge < -0.3 is 15.4 Å². The molecule has 0 aliphatic carbocycles. The number of piperidine rings is 1. The number of aromatic nitrogens is 1. The van der Waals surface area contributed by atoms with Gasteiger partial charge in [-0.25, -0.2) is 13.2 Å². The molecular formula is C20H26N4O4S. The van der Waals surface area contributed by atoms with E-state index >= 15 is 0 Å². The van der Waals surface area contributed by atoms with E-state index in [1.165, 1.54) is 16.7 Å². The molecule has 2 N–H and O–H groups in total. The quantitative estimate of drug-likeness (QED) is 0.720. The predicted octanol–water partition coefficient (Wildman–Crippen LogP) is 2.85. The van der Waals surface area contributed by atoms with Crippen molar-refractivity contribution in [3.8, 4) is 5.75 Å². The minimum absolute atomic E-state index is 0.0579. The van der Waals surface area contributed by atoms with Crippen LogP contribution in [0.3, 0.4) is 0 Å². The van der Waals surface area contributed by atoms with Gasteiger partial charge >= 0.3 is 6.03 Å². The van der Waals surface area contributed by atoms with Crippen molar-refractivity contribution < 1.29 is 17.9 Å². The molecule has 2 aromatic rings. The first-order chi connectivity index (χ1) is 14.0. The van der Waals surface area contributed by atoms with Crippen molar-refractivity contribution in [2.24, 2.45) is 0 Å². The smallest absolute Gasteiger partial charge is 0.319 e. The van der Waals surface area contributed by atoms with Crippen LogP contribution in [0.1, 0.15) is 26.2 Å². The number of hydrogen-bond acceptors (Lipinski definition) is 5. The average molecular weight is 419 g/mol. The van der Waals surface area contributed by atoms with Gasteiger partial charge in [0.2, 0.25) is 10.0 Å². The van der Waals surface area contributed by atoms with Crippen LogP contribution >= 0.6 is 0 Å². The molecule has 1 atom stereocenters. The van der Waals surface area contributed by atoms with Crippen molar-refractivity contribution in [3.05, 3.63) is 48.8 Å². The third kappa shape index (κ3) is 5.24. The van der Waals surface area contributed by atoms with Crippen molar-refractivity contribution in [2.75, 3.05) is 25.0 Å². The molecule has 1 aliphatic heterocycles. The fraction of sp³-hybridized carbons (Fsp3) is 0.400. The summed E-state index contributed by atoms with van der Waals surface area (Å²) in [4.78, 5) is 16.2. The third-order valence-corrected chi connectivity index (χ3v) is 6.70. The van der Waals surface area contributed by atoms with E-state index in [0.29, 0.717) is 31.0 Å². The van der Waals surface area contributed by atoms with Gasteiger partial charge in [0.15, 0.2) is 0 Å². The lowest BCUT2D eigenvalue weighted by atomic mass is 10.1. The highest BCUT2D eigenvalue weighted by molar-refractivity contribution is 7.89. The summed E-state index contributed by atoms with van der Waals surface area (Å²) in [6.45, 7) is 2.78. The van der Waals surface area contributed by atoms with Crippen molar-refractivity contribution in [1.29, 1.82) is 0 Å². The van der Waals surface area contributed by atoms with Crippen molar-refractivity contribution in [3.63, 3.8) is 0 Å². The van der Waals surface area contributed by atoms with Gasteiger partial charge in [-0.1, -0.05) is 24.6 Å². The molecule has 2 heterocycles. The largest absolute Gasteiger partial charge is 0.492 e. The first-order valence-electron chi connectivity index (χ1n) is 9.71. The van der Waals surface area contributed by atoms with Crippen LogP contribution in [-0.4, -0.2) is 49.5 Å². The van der Waals surface area contributed by atoms with Gasteiger partial charge in [0.1, 0.15) is 10.6 Å². The fourth-order valence-electron chi connectivity index (χ4n) is 3.36. The second-order valence-corrected chi connectivity index (χ2v) is 8.58. The van der Waals surface area contributed by atoms with E-state index in [9.17, 15) is 13.2 Å². The van der Waals surface area contributed by atoms with Gasteiger partial charge in [-0.05, 0) is 38.0 Å². The molecule has 8 nitrogen and oxygen atoms in total. The Hall–Kier alpha value is -2.65. The highest BCUT2D eigenvalue weighted by Crippen LogP contribution is 2.30. The van der Waals surface area contributed by atoms with Crippen LogP contribution in [0.4, 0.5) is 10.5 Å². The topological polar surface area (TPSA) is 101 Å². The zero-order valence-corrected chi connectivity index (χ0v) is 17.2. The molecule has 0 radical (unpaired) electrons. The molecule has 0 spiro atoms. The monoisotopic (exact) mass is 418 g/mol. The van der Waals surface area contributed by atoms with Crippen LogP contribution in [0, 0.1) is 0 Å². The molecule has 29 heavy (non-hydrogen) atoms. The van der Waals surface area contributed by atoms with Gasteiger partial charge in [0, 0.05) is 31.0 Å². The Morgan fingerprint density at radius 3 is 2.79 bits per heavy atom. The maximum absolute atomic E-state index is 13.3. The number of amides is 2. The lowest BCUT2D eigenvalue weighted by molar-refractivity contribution is 0.230. The van der Waals surface area contributed by atoms with E-state index < -0.39 is 10.0 Å². The Balaban J connectivity index is 1.71. The third-order valence-electron chi connectivity index (χ3n) is 4.74. The number of nitrogens with one attached hydrogen (secondary N) is 2. The Morgan fingerprint density at radius 2 is 2.03 bits per heavy atom. The van der Waals surface area contributed by atoms with Crippen LogP contribution < -0.4 is 15.4 Å². The standard InChI is InChI=1S/C20H26N4O4S/c1-2-28-18-11-12-21-15-19(18)29(26,27)24-13-7-6-10-17(24)14-22-20(25)23-16-8-4-3-5-9-16/h3-5,8-9,11-12,15,17H,2,6-7,10,13-14H2,1H3,(H2,22,23,25). The molecule has 2 amide bonds. The second-order valence-electron chi connectivity index (χ2n) is 6.72. The van der Waals surface area contributed by atoms with E-state index in [1.54, 1.807) is 25.1 Å². The number of anilines is 1. The van der Waals surface area contributed by atoms with Crippen molar-refractivity contribution >= 4 is 21.7 Å². The number of pyridine rings is 1. The molecule has 1 aliphatic rings. The predicted molar refractivity (Wildman–Crippen MR) is 110 cm³/mol. The summed E-state index contributed by atoms with van der Waals surface area (Å²) in [5.41, 5.74) is 0.676. The van der Waals surface area contributed by atoms with Gasteiger partial charge in [-0.2, -0.15) is 4.31 Å². The SMILES string of the molecule is CCOc1ccncc1S(=O)(=O)N1CCCCC1CNC(=O)Nc1ccccc1. The summed E-state index contributed by atoms with van der Waals surface area (Å²) in [6, 6.07) is 9.96. The van der Waals surface area contributed by atoms with Gasteiger partial charge in [-0.15, -0.1) is 0 Å². The number of carbonyl (C=O) groups is 1. The Kier molecular flexibility index (Phi) is 7.05. The maximum Gasteiger partial charge on any atom is 0.319 e. The average Bonchev–Trinajstić information content (AvgIpc) is 2.74. The zero-order valence-electron chi connectivity index (χ0n) is 16.4. The van der Waals surface area contributed by atoms with Crippen LogP contribution in [0.25, 0.3) is 0 Å². The fourth-order valence-corrected chi connectivity index (χ4v) is 5.13. The van der Waals surface area contributed by atoms with E-state index in [0.717, 1.165) is 12.8 Å².